The van der Waals surface area contributed by atoms with Crippen molar-refractivity contribution in [3.63, 3.8) is 0 Å². The summed E-state index contributed by atoms with van der Waals surface area (Å²) in [6.07, 6.45) is 6.47. The third-order valence-corrected chi connectivity index (χ3v) is 1.80. The number of furan rings is 1. The number of hydrogen-bond acceptors (Lipinski definition) is 2. The fourth-order valence-corrected chi connectivity index (χ4v) is 1.11. The van der Waals surface area contributed by atoms with Crippen molar-refractivity contribution in [1.29, 1.82) is 0 Å². The molecule has 0 aliphatic heterocycles. The van der Waals surface area contributed by atoms with Crippen molar-refractivity contribution in [2.24, 2.45) is 0 Å². The van der Waals surface area contributed by atoms with Gasteiger partial charge in [-0.3, -0.25) is 4.79 Å². The van der Waals surface area contributed by atoms with E-state index in [1.54, 1.807) is 24.4 Å². The largest absolute Gasteiger partial charge is 0.461 e. The van der Waals surface area contributed by atoms with E-state index in [4.69, 9.17) is 4.42 Å². The van der Waals surface area contributed by atoms with E-state index in [0.717, 1.165) is 5.69 Å². The Morgan fingerprint density at radius 2 is 2.29 bits per heavy atom. The van der Waals surface area contributed by atoms with Crippen LogP contribution in [0.4, 0.5) is 0 Å². The highest BCUT2D eigenvalue weighted by Crippen LogP contribution is 2.04. The molecule has 0 spiro atoms. The molecule has 0 amide bonds. The zero-order valence-corrected chi connectivity index (χ0v) is 7.44. The van der Waals surface area contributed by atoms with Gasteiger partial charge in [-0.1, -0.05) is 0 Å². The van der Waals surface area contributed by atoms with Crippen LogP contribution in [0.25, 0.3) is 6.08 Å². The van der Waals surface area contributed by atoms with Gasteiger partial charge in [-0.2, -0.15) is 0 Å². The number of carbonyl (C=O) groups is 1. The van der Waals surface area contributed by atoms with Gasteiger partial charge in [0.1, 0.15) is 0 Å². The molecular weight excluding hydrogens is 178 g/mol. The molecule has 0 saturated carbocycles. The van der Waals surface area contributed by atoms with E-state index in [1.165, 1.54) is 12.3 Å². The van der Waals surface area contributed by atoms with Gasteiger partial charge in [0.15, 0.2) is 5.76 Å². The molecule has 2 aromatic rings. The summed E-state index contributed by atoms with van der Waals surface area (Å²) in [4.78, 5) is 14.4. The van der Waals surface area contributed by atoms with Crippen LogP contribution in [0.15, 0.2) is 47.2 Å². The summed E-state index contributed by atoms with van der Waals surface area (Å²) in [7, 11) is 0. The van der Waals surface area contributed by atoms with E-state index in [2.05, 4.69) is 4.98 Å². The number of allylic oxidation sites excluding steroid dienone is 1. The van der Waals surface area contributed by atoms with Crippen LogP contribution in [-0.2, 0) is 0 Å². The maximum Gasteiger partial charge on any atom is 0.221 e. The molecule has 2 aromatic heterocycles. The molecule has 0 aliphatic carbocycles. The van der Waals surface area contributed by atoms with E-state index < -0.39 is 0 Å². The molecular formula is C11H9NO2. The summed E-state index contributed by atoms with van der Waals surface area (Å²) in [5.41, 5.74) is 0.893. The van der Waals surface area contributed by atoms with E-state index in [-0.39, 0.29) is 5.78 Å². The summed E-state index contributed by atoms with van der Waals surface area (Å²) in [6.45, 7) is 0. The van der Waals surface area contributed by atoms with E-state index in [9.17, 15) is 4.79 Å². The zero-order valence-electron chi connectivity index (χ0n) is 7.44. The van der Waals surface area contributed by atoms with Crippen LogP contribution in [0.2, 0.25) is 0 Å². The van der Waals surface area contributed by atoms with Gasteiger partial charge in [0.25, 0.3) is 0 Å². The summed E-state index contributed by atoms with van der Waals surface area (Å²) < 4.78 is 4.95. The Balaban J connectivity index is 2.09. The highest BCUT2D eigenvalue weighted by Gasteiger charge is 2.02. The molecule has 2 rings (SSSR count). The molecule has 3 heteroatoms. The van der Waals surface area contributed by atoms with Crippen molar-refractivity contribution < 1.29 is 9.21 Å². The van der Waals surface area contributed by atoms with Crippen molar-refractivity contribution in [3.8, 4) is 0 Å². The second-order valence-corrected chi connectivity index (χ2v) is 2.80. The molecule has 0 unspecified atom stereocenters. The first-order valence-electron chi connectivity index (χ1n) is 4.25. The highest BCUT2D eigenvalue weighted by atomic mass is 16.3. The van der Waals surface area contributed by atoms with Gasteiger partial charge in [0.2, 0.25) is 5.78 Å². The number of hydrogen-bond donors (Lipinski definition) is 1. The van der Waals surface area contributed by atoms with Crippen molar-refractivity contribution in [3.05, 3.63) is 54.3 Å². The molecule has 0 radical (unpaired) electrons. The lowest BCUT2D eigenvalue weighted by atomic mass is 10.2. The highest BCUT2D eigenvalue weighted by molar-refractivity contribution is 6.04. The summed E-state index contributed by atoms with van der Waals surface area (Å²) in [6, 6.07) is 7.08. The van der Waals surface area contributed by atoms with Crippen LogP contribution in [-0.4, -0.2) is 10.8 Å². The van der Waals surface area contributed by atoms with E-state index >= 15 is 0 Å². The molecule has 0 saturated heterocycles. The monoisotopic (exact) mass is 187 g/mol. The van der Waals surface area contributed by atoms with Crippen molar-refractivity contribution in [2.75, 3.05) is 0 Å². The molecule has 0 atom stereocenters. The first-order valence-corrected chi connectivity index (χ1v) is 4.25. The quantitative estimate of drug-likeness (QED) is 0.592. The minimum absolute atomic E-state index is 0.135. The maximum absolute atomic E-state index is 11.4. The lowest BCUT2D eigenvalue weighted by molar-refractivity contribution is 0.102. The molecule has 0 aromatic carbocycles. The number of carbonyl (C=O) groups excluding carboxylic acids is 1. The molecule has 1 N–H and O–H groups in total. The molecule has 0 fully saturated rings. The van der Waals surface area contributed by atoms with Gasteiger partial charge in [-0.15, -0.1) is 0 Å². The van der Waals surface area contributed by atoms with Gasteiger partial charge in [-0.25, -0.2) is 0 Å². The van der Waals surface area contributed by atoms with E-state index in [0.29, 0.717) is 5.76 Å². The van der Waals surface area contributed by atoms with Crippen LogP contribution in [0.3, 0.4) is 0 Å². The van der Waals surface area contributed by atoms with Gasteiger partial charge < -0.3 is 9.40 Å². The van der Waals surface area contributed by atoms with E-state index in [1.807, 2.05) is 12.1 Å². The third kappa shape index (κ3) is 1.82. The smallest absolute Gasteiger partial charge is 0.221 e. The Labute approximate surface area is 81.1 Å². The van der Waals surface area contributed by atoms with Crippen LogP contribution in [0.1, 0.15) is 16.2 Å². The van der Waals surface area contributed by atoms with Crippen molar-refractivity contribution in [2.45, 2.75) is 0 Å². The molecule has 70 valence electrons. The normalized spacial score (nSPS) is 10.9. The topological polar surface area (TPSA) is 46.0 Å². The fourth-order valence-electron chi connectivity index (χ4n) is 1.11. The minimum Gasteiger partial charge on any atom is -0.461 e. The Morgan fingerprint density at radius 3 is 2.93 bits per heavy atom. The average molecular weight is 187 g/mol. The number of nitrogens with one attached hydrogen (secondary N) is 1. The summed E-state index contributed by atoms with van der Waals surface area (Å²) in [5.74, 6) is 0.220. The summed E-state index contributed by atoms with van der Waals surface area (Å²) in [5, 5.41) is 0. The standard InChI is InChI=1S/C11H9NO2/c13-10(11-4-2-8-14-11)6-5-9-3-1-7-12-9/h1-8,12H/b6-5+. The summed E-state index contributed by atoms with van der Waals surface area (Å²) >= 11 is 0. The van der Waals surface area contributed by atoms with Gasteiger partial charge >= 0.3 is 0 Å². The lowest BCUT2D eigenvalue weighted by Gasteiger charge is -1.87. The van der Waals surface area contributed by atoms with Gasteiger partial charge in [0.05, 0.1) is 6.26 Å². The van der Waals surface area contributed by atoms with Crippen LogP contribution >= 0.6 is 0 Å². The Hall–Kier alpha value is -2.03. The predicted octanol–water partition coefficient (Wildman–Crippen LogP) is 2.50. The van der Waals surface area contributed by atoms with Crippen LogP contribution < -0.4 is 0 Å². The Bertz CT molecular complexity index is 424. The number of H-pyrrole nitrogens is 1. The van der Waals surface area contributed by atoms with Crippen LogP contribution in [0, 0.1) is 0 Å². The Kier molecular flexibility index (Phi) is 2.32. The third-order valence-electron chi connectivity index (χ3n) is 1.80. The van der Waals surface area contributed by atoms with Gasteiger partial charge in [0, 0.05) is 11.9 Å². The Morgan fingerprint density at radius 1 is 1.36 bits per heavy atom. The van der Waals surface area contributed by atoms with Gasteiger partial charge in [-0.05, 0) is 36.4 Å². The van der Waals surface area contributed by atoms with Crippen molar-refractivity contribution in [1.82, 2.24) is 4.98 Å². The van der Waals surface area contributed by atoms with Crippen LogP contribution in [0.5, 0.6) is 0 Å². The van der Waals surface area contributed by atoms with Crippen molar-refractivity contribution >= 4 is 11.9 Å². The predicted molar refractivity (Wildman–Crippen MR) is 52.9 cm³/mol. The average Bonchev–Trinajstić information content (AvgIpc) is 2.87. The zero-order chi connectivity index (χ0) is 9.80. The molecule has 14 heavy (non-hydrogen) atoms. The first kappa shape index (κ1) is 8.56. The lowest BCUT2D eigenvalue weighted by Crippen LogP contribution is -1.90. The SMILES string of the molecule is O=C(/C=C/c1ccc[nH]1)c1ccco1. The minimum atomic E-state index is -0.135. The second-order valence-electron chi connectivity index (χ2n) is 2.80. The fraction of sp³-hybridized carbons (Fsp3) is 0. The molecule has 0 bridgehead atoms. The number of rotatable bonds is 3. The second kappa shape index (κ2) is 3.79. The number of aromatic amines is 1. The first-order chi connectivity index (χ1) is 6.86. The number of ketones is 1. The molecule has 2 heterocycles. The molecule has 0 aliphatic rings. The number of aromatic nitrogens is 1. The maximum atomic E-state index is 11.4. The molecule has 3 nitrogen and oxygen atoms in total.